The average Bonchev–Trinajstić information content (AvgIpc) is 2.48. The van der Waals surface area contributed by atoms with Gasteiger partial charge in [0.05, 0.1) is 5.66 Å². The van der Waals surface area contributed by atoms with Gasteiger partial charge in [0.2, 0.25) is 0 Å². The van der Waals surface area contributed by atoms with Gasteiger partial charge in [-0.2, -0.15) is 0 Å². The molecule has 0 amide bonds. The van der Waals surface area contributed by atoms with Crippen LogP contribution in [0.1, 0.15) is 36.8 Å². The molecule has 17 heavy (non-hydrogen) atoms. The van der Waals surface area contributed by atoms with Gasteiger partial charge in [-0.05, 0) is 38.2 Å². The van der Waals surface area contributed by atoms with Crippen LogP contribution in [0.25, 0.3) is 0 Å². The maximum Gasteiger partial charge on any atom is 0.0750 e. The third-order valence-corrected chi connectivity index (χ3v) is 5.00. The van der Waals surface area contributed by atoms with E-state index in [1.165, 1.54) is 36.8 Å². The third kappa shape index (κ3) is 1.34. The number of hydrogen-bond donors (Lipinski definition) is 1. The molecule has 3 saturated heterocycles. The molecule has 0 aliphatic carbocycles. The van der Waals surface area contributed by atoms with Crippen LogP contribution in [0.4, 0.5) is 0 Å². The summed E-state index contributed by atoms with van der Waals surface area (Å²) in [5.41, 5.74) is 3.16. The molecule has 0 bridgehead atoms. The zero-order valence-electron chi connectivity index (χ0n) is 10.4. The Balaban J connectivity index is 1.41. The Hall–Kier alpha value is -0.860. The Bertz CT molecular complexity index is 423. The summed E-state index contributed by atoms with van der Waals surface area (Å²) in [6.45, 7) is 3.17. The maximum atomic E-state index is 3.79. The quantitative estimate of drug-likeness (QED) is 0.854. The predicted molar refractivity (Wildman–Crippen MR) is 68.6 cm³/mol. The first-order chi connectivity index (χ1) is 8.27. The highest BCUT2D eigenvalue weighted by Crippen LogP contribution is 2.56. The molecule has 1 aromatic rings. The average molecular weight is 228 g/mol. The number of rotatable bonds is 3. The number of nitrogens with one attached hydrogen (secondary N) is 1. The highest BCUT2D eigenvalue weighted by molar-refractivity contribution is 5.24. The number of aryl methyl sites for hydroxylation is 1. The van der Waals surface area contributed by atoms with Gasteiger partial charge in [-0.15, -0.1) is 0 Å². The van der Waals surface area contributed by atoms with Gasteiger partial charge in [-0.1, -0.05) is 29.8 Å². The first-order valence-corrected chi connectivity index (χ1v) is 6.86. The summed E-state index contributed by atoms with van der Waals surface area (Å²) in [6.07, 6.45) is 5.65. The second kappa shape index (κ2) is 3.33. The normalized spacial score (nSPS) is 38.4. The first kappa shape index (κ1) is 10.1. The Kier molecular flexibility index (Phi) is 1.98. The number of hydrogen-bond acceptors (Lipinski definition) is 2. The molecule has 3 aliphatic rings. The number of nitrogens with zero attached hydrogens (tertiary/aromatic N) is 1. The smallest absolute Gasteiger partial charge is 0.0750 e. The van der Waals surface area contributed by atoms with Crippen LogP contribution in [0.2, 0.25) is 0 Å². The molecular formula is C15H20N2. The van der Waals surface area contributed by atoms with Crippen LogP contribution >= 0.6 is 0 Å². The largest absolute Gasteiger partial charge is 0.295 e. The lowest BCUT2D eigenvalue weighted by molar-refractivity contribution is -0.185. The summed E-state index contributed by atoms with van der Waals surface area (Å²) in [7, 11) is 0. The van der Waals surface area contributed by atoms with Gasteiger partial charge in [-0.3, -0.25) is 10.2 Å². The van der Waals surface area contributed by atoms with E-state index in [1.54, 1.807) is 0 Å². The second-order valence-electron chi connectivity index (χ2n) is 6.07. The summed E-state index contributed by atoms with van der Waals surface area (Å²) < 4.78 is 0. The van der Waals surface area contributed by atoms with E-state index in [0.29, 0.717) is 5.66 Å². The van der Waals surface area contributed by atoms with Crippen molar-refractivity contribution in [1.82, 2.24) is 10.2 Å². The molecule has 0 aromatic heterocycles. The predicted octanol–water partition coefficient (Wildman–Crippen LogP) is 2.42. The fourth-order valence-corrected chi connectivity index (χ4v) is 4.12. The van der Waals surface area contributed by atoms with E-state index in [4.69, 9.17) is 0 Å². The fraction of sp³-hybridized carbons (Fsp3) is 0.600. The van der Waals surface area contributed by atoms with Crippen LogP contribution in [-0.2, 0) is 6.54 Å². The first-order valence-electron chi connectivity index (χ1n) is 6.86. The molecular weight excluding hydrogens is 208 g/mol. The van der Waals surface area contributed by atoms with Gasteiger partial charge in [-0.25, -0.2) is 0 Å². The van der Waals surface area contributed by atoms with Gasteiger partial charge in [0.1, 0.15) is 0 Å². The van der Waals surface area contributed by atoms with Crippen LogP contribution in [0, 0.1) is 6.92 Å². The van der Waals surface area contributed by atoms with Crippen LogP contribution in [-0.4, -0.2) is 22.6 Å². The summed E-state index contributed by atoms with van der Waals surface area (Å²) in [6, 6.07) is 10.7. The molecule has 3 heterocycles. The van der Waals surface area contributed by atoms with Gasteiger partial charge < -0.3 is 0 Å². The van der Waals surface area contributed by atoms with Crippen LogP contribution in [0.5, 0.6) is 0 Å². The summed E-state index contributed by atoms with van der Waals surface area (Å²) in [5, 5.41) is 3.79. The molecule has 3 atom stereocenters. The van der Waals surface area contributed by atoms with E-state index in [1.807, 2.05) is 0 Å². The van der Waals surface area contributed by atoms with Gasteiger partial charge in [0.15, 0.2) is 0 Å². The Morgan fingerprint density at radius 2 is 1.82 bits per heavy atom. The third-order valence-electron chi connectivity index (χ3n) is 5.00. The van der Waals surface area contributed by atoms with Crippen molar-refractivity contribution in [2.24, 2.45) is 0 Å². The van der Waals surface area contributed by atoms with E-state index < -0.39 is 0 Å². The van der Waals surface area contributed by atoms with Crippen molar-refractivity contribution < 1.29 is 0 Å². The molecule has 2 nitrogen and oxygen atoms in total. The van der Waals surface area contributed by atoms with E-state index in [9.17, 15) is 0 Å². The van der Waals surface area contributed by atoms with Gasteiger partial charge in [0, 0.05) is 18.6 Å². The summed E-state index contributed by atoms with van der Waals surface area (Å²) in [4.78, 5) is 2.74. The van der Waals surface area contributed by atoms with E-state index >= 15 is 0 Å². The molecule has 0 spiro atoms. The molecule has 3 aliphatic heterocycles. The Morgan fingerprint density at radius 3 is 2.47 bits per heavy atom. The SMILES string of the molecule is Cc1ccc(CN[C@@]23C[C@H]4CC[C@@H](C2)N43)cc1. The molecule has 4 rings (SSSR count). The molecule has 0 radical (unpaired) electrons. The minimum absolute atomic E-state index is 0.400. The minimum atomic E-state index is 0.400. The van der Waals surface area contributed by atoms with Crippen molar-refractivity contribution in [3.05, 3.63) is 35.4 Å². The zero-order valence-corrected chi connectivity index (χ0v) is 10.4. The van der Waals surface area contributed by atoms with Crippen molar-refractivity contribution in [3.8, 4) is 0 Å². The lowest BCUT2D eigenvalue weighted by Crippen LogP contribution is -2.80. The van der Waals surface area contributed by atoms with Crippen LogP contribution < -0.4 is 5.32 Å². The molecule has 0 unspecified atom stereocenters. The number of benzene rings is 1. The second-order valence-corrected chi connectivity index (χ2v) is 6.07. The van der Waals surface area contributed by atoms with Crippen molar-refractivity contribution in [1.29, 1.82) is 0 Å². The zero-order chi connectivity index (χ0) is 11.5. The van der Waals surface area contributed by atoms with E-state index in [-0.39, 0.29) is 0 Å². The van der Waals surface area contributed by atoms with E-state index in [0.717, 1.165) is 18.6 Å². The van der Waals surface area contributed by atoms with Crippen LogP contribution in [0.3, 0.4) is 0 Å². The molecule has 0 saturated carbocycles. The topological polar surface area (TPSA) is 15.3 Å². The summed E-state index contributed by atoms with van der Waals surface area (Å²) >= 11 is 0. The fourth-order valence-electron chi connectivity index (χ4n) is 4.12. The van der Waals surface area contributed by atoms with Gasteiger partial charge >= 0.3 is 0 Å². The highest BCUT2D eigenvalue weighted by Gasteiger charge is 2.65. The molecule has 1 N–H and O–H groups in total. The van der Waals surface area contributed by atoms with Crippen molar-refractivity contribution >= 4 is 0 Å². The van der Waals surface area contributed by atoms with Gasteiger partial charge in [0.25, 0.3) is 0 Å². The standard InChI is InChI=1S/C15H20N2/c1-11-2-4-12(5-3-11)10-16-15-8-13-6-7-14(9-15)17(13)15/h2-5,13-14,16H,6-10H2,1H3/t13-,14+,15-. The Labute approximate surface area is 103 Å². The molecule has 1 aromatic carbocycles. The van der Waals surface area contributed by atoms with E-state index in [2.05, 4.69) is 41.4 Å². The monoisotopic (exact) mass is 228 g/mol. The van der Waals surface area contributed by atoms with Crippen LogP contribution in [0.15, 0.2) is 24.3 Å². The molecule has 2 heteroatoms. The minimum Gasteiger partial charge on any atom is -0.295 e. The van der Waals surface area contributed by atoms with Crippen molar-refractivity contribution in [3.63, 3.8) is 0 Å². The molecule has 90 valence electrons. The lowest BCUT2D eigenvalue weighted by Gasteiger charge is -2.67. The Morgan fingerprint density at radius 1 is 1.18 bits per heavy atom. The van der Waals surface area contributed by atoms with Crippen molar-refractivity contribution in [2.45, 2.75) is 56.9 Å². The lowest BCUT2D eigenvalue weighted by atomic mass is 9.75. The maximum absolute atomic E-state index is 3.79. The number of piperidine rings is 1. The summed E-state index contributed by atoms with van der Waals surface area (Å²) in [5.74, 6) is 0. The molecule has 3 fully saturated rings. The van der Waals surface area contributed by atoms with Crippen molar-refractivity contribution in [2.75, 3.05) is 0 Å². The highest BCUT2D eigenvalue weighted by atomic mass is 15.5.